The van der Waals surface area contributed by atoms with Crippen molar-refractivity contribution in [2.24, 2.45) is 5.92 Å². The molecule has 1 aromatic carbocycles. The van der Waals surface area contributed by atoms with E-state index in [9.17, 15) is 9.18 Å². The zero-order valence-electron chi connectivity index (χ0n) is 12.7. The third-order valence-electron chi connectivity index (χ3n) is 4.47. The van der Waals surface area contributed by atoms with Crippen LogP contribution >= 0.6 is 23.1 Å². The van der Waals surface area contributed by atoms with E-state index in [0.29, 0.717) is 5.91 Å². The summed E-state index contributed by atoms with van der Waals surface area (Å²) < 4.78 is 14.2. The molecule has 0 aliphatic carbocycles. The van der Waals surface area contributed by atoms with E-state index in [1.165, 1.54) is 23.5 Å². The number of fused-ring (bicyclic) bond motifs is 1. The molecule has 0 bridgehead atoms. The topological polar surface area (TPSA) is 36.4 Å². The van der Waals surface area contributed by atoms with Crippen molar-refractivity contribution >= 4 is 44.4 Å². The molecule has 0 N–H and O–H groups in total. The van der Waals surface area contributed by atoms with Gasteiger partial charge in [0.25, 0.3) is 0 Å². The first-order valence-corrected chi connectivity index (χ1v) is 9.85. The lowest BCUT2D eigenvalue weighted by Crippen LogP contribution is -2.42. The van der Waals surface area contributed by atoms with Crippen LogP contribution in [-0.4, -0.2) is 53.5 Å². The minimum atomic E-state index is -0.231. The second kappa shape index (κ2) is 6.28. The second-order valence-electron chi connectivity index (χ2n) is 5.98. The molecule has 3 heterocycles. The number of halogens is 1. The number of benzene rings is 1. The van der Waals surface area contributed by atoms with Crippen LogP contribution in [0.3, 0.4) is 0 Å². The quantitative estimate of drug-likeness (QED) is 0.834. The maximum atomic E-state index is 13.3. The van der Waals surface area contributed by atoms with E-state index in [1.807, 2.05) is 16.7 Å². The molecule has 122 valence electrons. The molecule has 23 heavy (non-hydrogen) atoms. The SMILES string of the molecule is O=C(C1CCN(c2nc3ccc(F)cc3s2)C1)N1CCSCC1. The zero-order valence-corrected chi connectivity index (χ0v) is 14.3. The Bertz CT molecular complexity index is 729. The molecule has 1 amide bonds. The number of nitrogens with zero attached hydrogens (tertiary/aromatic N) is 3. The Balaban J connectivity index is 1.47. The molecule has 1 atom stereocenters. The molecule has 4 nitrogen and oxygen atoms in total. The van der Waals surface area contributed by atoms with E-state index >= 15 is 0 Å². The predicted octanol–water partition coefficient (Wildman–Crippen LogP) is 2.84. The van der Waals surface area contributed by atoms with E-state index in [0.717, 1.165) is 59.5 Å². The lowest BCUT2D eigenvalue weighted by atomic mass is 10.1. The number of hydrogen-bond donors (Lipinski definition) is 0. The molecule has 2 saturated heterocycles. The van der Waals surface area contributed by atoms with Gasteiger partial charge in [0.05, 0.1) is 16.1 Å². The molecule has 2 aliphatic heterocycles. The van der Waals surface area contributed by atoms with Crippen LogP contribution in [0.5, 0.6) is 0 Å². The number of rotatable bonds is 2. The summed E-state index contributed by atoms with van der Waals surface area (Å²) >= 11 is 3.42. The van der Waals surface area contributed by atoms with Gasteiger partial charge in [-0.2, -0.15) is 11.8 Å². The van der Waals surface area contributed by atoms with E-state index in [2.05, 4.69) is 9.88 Å². The number of amides is 1. The predicted molar refractivity (Wildman–Crippen MR) is 93.8 cm³/mol. The molecule has 4 rings (SSSR count). The minimum absolute atomic E-state index is 0.0712. The number of thiazole rings is 1. The summed E-state index contributed by atoms with van der Waals surface area (Å²) in [6, 6.07) is 4.69. The van der Waals surface area contributed by atoms with Crippen LogP contribution in [0, 0.1) is 11.7 Å². The van der Waals surface area contributed by atoms with Crippen LogP contribution in [0.2, 0.25) is 0 Å². The molecule has 1 unspecified atom stereocenters. The van der Waals surface area contributed by atoms with Gasteiger partial charge in [-0.15, -0.1) is 0 Å². The first-order valence-electron chi connectivity index (χ1n) is 7.88. The summed E-state index contributed by atoms with van der Waals surface area (Å²) in [6.45, 7) is 3.33. The highest BCUT2D eigenvalue weighted by Gasteiger charge is 2.33. The van der Waals surface area contributed by atoms with Crippen LogP contribution in [0.15, 0.2) is 18.2 Å². The molecule has 2 aromatic rings. The monoisotopic (exact) mass is 351 g/mol. The van der Waals surface area contributed by atoms with Crippen molar-refractivity contribution < 1.29 is 9.18 Å². The first kappa shape index (κ1) is 15.2. The zero-order chi connectivity index (χ0) is 15.8. The third-order valence-corrected chi connectivity index (χ3v) is 6.49. The summed E-state index contributed by atoms with van der Waals surface area (Å²) in [5, 5.41) is 0.898. The van der Waals surface area contributed by atoms with Crippen molar-refractivity contribution in [3.63, 3.8) is 0 Å². The van der Waals surface area contributed by atoms with Crippen molar-refractivity contribution in [2.75, 3.05) is 42.6 Å². The first-order chi connectivity index (χ1) is 11.2. The smallest absolute Gasteiger partial charge is 0.227 e. The second-order valence-corrected chi connectivity index (χ2v) is 8.21. The minimum Gasteiger partial charge on any atom is -0.347 e. The Hall–Kier alpha value is -1.34. The van der Waals surface area contributed by atoms with Gasteiger partial charge in [-0.3, -0.25) is 4.79 Å². The Morgan fingerprint density at radius 2 is 2.09 bits per heavy atom. The van der Waals surface area contributed by atoms with Crippen LogP contribution < -0.4 is 4.90 Å². The van der Waals surface area contributed by atoms with Crippen molar-refractivity contribution in [3.05, 3.63) is 24.0 Å². The number of thioether (sulfide) groups is 1. The molecular weight excluding hydrogens is 333 g/mol. The summed E-state index contributed by atoms with van der Waals surface area (Å²) in [7, 11) is 0. The summed E-state index contributed by atoms with van der Waals surface area (Å²) in [5.41, 5.74) is 0.828. The van der Waals surface area contributed by atoms with E-state index in [-0.39, 0.29) is 11.7 Å². The van der Waals surface area contributed by atoms with E-state index < -0.39 is 0 Å². The molecule has 2 aliphatic rings. The Labute approximate surface area is 142 Å². The van der Waals surface area contributed by atoms with Gasteiger partial charge in [-0.1, -0.05) is 11.3 Å². The fraction of sp³-hybridized carbons (Fsp3) is 0.500. The lowest BCUT2D eigenvalue weighted by molar-refractivity contribution is -0.134. The van der Waals surface area contributed by atoms with Gasteiger partial charge in [0.2, 0.25) is 5.91 Å². The largest absolute Gasteiger partial charge is 0.347 e. The number of anilines is 1. The van der Waals surface area contributed by atoms with Gasteiger partial charge in [-0.05, 0) is 24.6 Å². The molecular formula is C16H18FN3OS2. The van der Waals surface area contributed by atoms with Gasteiger partial charge in [0.1, 0.15) is 5.82 Å². The average molecular weight is 351 g/mol. The number of carbonyl (C=O) groups is 1. The summed E-state index contributed by atoms with van der Waals surface area (Å²) in [6.07, 6.45) is 0.882. The molecule has 2 fully saturated rings. The Kier molecular flexibility index (Phi) is 4.15. The van der Waals surface area contributed by atoms with Crippen molar-refractivity contribution in [1.29, 1.82) is 0 Å². The summed E-state index contributed by atoms with van der Waals surface area (Å²) in [4.78, 5) is 21.4. The maximum Gasteiger partial charge on any atom is 0.227 e. The fourth-order valence-corrected chi connectivity index (χ4v) is 5.13. The molecule has 7 heteroatoms. The van der Waals surface area contributed by atoms with Crippen LogP contribution in [0.4, 0.5) is 9.52 Å². The highest BCUT2D eigenvalue weighted by molar-refractivity contribution is 7.99. The Morgan fingerprint density at radius 3 is 2.91 bits per heavy atom. The van der Waals surface area contributed by atoms with Gasteiger partial charge in [0.15, 0.2) is 5.13 Å². The molecule has 0 radical (unpaired) electrons. The highest BCUT2D eigenvalue weighted by Crippen LogP contribution is 2.33. The third kappa shape index (κ3) is 3.04. The van der Waals surface area contributed by atoms with Gasteiger partial charge >= 0.3 is 0 Å². The van der Waals surface area contributed by atoms with E-state index in [1.54, 1.807) is 6.07 Å². The van der Waals surface area contributed by atoms with Gasteiger partial charge < -0.3 is 9.80 Å². The van der Waals surface area contributed by atoms with Crippen LogP contribution in [-0.2, 0) is 4.79 Å². The molecule has 0 spiro atoms. The molecule has 1 aromatic heterocycles. The standard InChI is InChI=1S/C16H18FN3OS2/c17-12-1-2-13-14(9-12)23-16(18-13)20-4-3-11(10-20)15(21)19-5-7-22-8-6-19/h1-2,9,11H,3-8,10H2. The Morgan fingerprint density at radius 1 is 1.26 bits per heavy atom. The summed E-state index contributed by atoms with van der Waals surface area (Å²) in [5.74, 6) is 2.23. The number of carbonyl (C=O) groups excluding carboxylic acids is 1. The maximum absolute atomic E-state index is 13.3. The van der Waals surface area contributed by atoms with Crippen molar-refractivity contribution in [2.45, 2.75) is 6.42 Å². The van der Waals surface area contributed by atoms with Gasteiger partial charge in [0, 0.05) is 37.7 Å². The normalized spacial score (nSPS) is 22.0. The fourth-order valence-electron chi connectivity index (χ4n) is 3.20. The number of aromatic nitrogens is 1. The lowest BCUT2D eigenvalue weighted by Gasteiger charge is -2.28. The molecule has 0 saturated carbocycles. The van der Waals surface area contributed by atoms with Crippen LogP contribution in [0.1, 0.15) is 6.42 Å². The van der Waals surface area contributed by atoms with Gasteiger partial charge in [-0.25, -0.2) is 9.37 Å². The van der Waals surface area contributed by atoms with Crippen molar-refractivity contribution in [3.8, 4) is 0 Å². The average Bonchev–Trinajstić information content (AvgIpc) is 3.21. The number of hydrogen-bond acceptors (Lipinski definition) is 5. The highest BCUT2D eigenvalue weighted by atomic mass is 32.2. The van der Waals surface area contributed by atoms with Crippen molar-refractivity contribution in [1.82, 2.24) is 9.88 Å². The van der Waals surface area contributed by atoms with Crippen LogP contribution in [0.25, 0.3) is 10.2 Å². The van der Waals surface area contributed by atoms with E-state index in [4.69, 9.17) is 0 Å².